The Labute approximate surface area is 120 Å². The lowest BCUT2D eigenvalue weighted by molar-refractivity contribution is -0.123. The predicted octanol–water partition coefficient (Wildman–Crippen LogP) is 2.40. The standard InChI is InChI=1S/C15H13FN2O3/c1-10(21-15(20)11-3-2-8-17-9-11)14(19)18-13-6-4-12(16)5-7-13/h2-10H,1H3,(H,18,19). The fourth-order valence-electron chi connectivity index (χ4n) is 1.54. The monoisotopic (exact) mass is 288 g/mol. The van der Waals surface area contributed by atoms with E-state index < -0.39 is 23.8 Å². The van der Waals surface area contributed by atoms with E-state index in [4.69, 9.17) is 4.74 Å². The van der Waals surface area contributed by atoms with Crippen molar-refractivity contribution in [1.29, 1.82) is 0 Å². The number of hydrogen-bond donors (Lipinski definition) is 1. The van der Waals surface area contributed by atoms with Crippen LogP contribution in [0.15, 0.2) is 48.8 Å². The van der Waals surface area contributed by atoms with Crippen molar-refractivity contribution in [3.8, 4) is 0 Å². The van der Waals surface area contributed by atoms with Crippen molar-refractivity contribution in [2.75, 3.05) is 5.32 Å². The van der Waals surface area contributed by atoms with Crippen LogP contribution < -0.4 is 5.32 Å². The number of amides is 1. The van der Waals surface area contributed by atoms with E-state index in [-0.39, 0.29) is 5.56 Å². The molecule has 0 spiro atoms. The number of pyridine rings is 1. The molecule has 0 fully saturated rings. The summed E-state index contributed by atoms with van der Waals surface area (Å²) >= 11 is 0. The smallest absolute Gasteiger partial charge is 0.340 e. The number of nitrogens with one attached hydrogen (secondary N) is 1. The Hall–Kier alpha value is -2.76. The largest absolute Gasteiger partial charge is 0.449 e. The molecule has 0 aliphatic carbocycles. The Morgan fingerprint density at radius 3 is 2.57 bits per heavy atom. The van der Waals surface area contributed by atoms with Gasteiger partial charge in [0.25, 0.3) is 5.91 Å². The van der Waals surface area contributed by atoms with Gasteiger partial charge in [-0.1, -0.05) is 0 Å². The predicted molar refractivity (Wildman–Crippen MR) is 74.1 cm³/mol. The van der Waals surface area contributed by atoms with E-state index in [1.54, 1.807) is 12.1 Å². The number of halogens is 1. The van der Waals surface area contributed by atoms with Gasteiger partial charge < -0.3 is 10.1 Å². The number of rotatable bonds is 4. The lowest BCUT2D eigenvalue weighted by atomic mass is 10.2. The molecule has 1 atom stereocenters. The van der Waals surface area contributed by atoms with Crippen LogP contribution in [0.25, 0.3) is 0 Å². The highest BCUT2D eigenvalue weighted by molar-refractivity contribution is 5.97. The van der Waals surface area contributed by atoms with Crippen molar-refractivity contribution < 1.29 is 18.7 Å². The molecule has 2 aromatic rings. The maximum Gasteiger partial charge on any atom is 0.340 e. The molecule has 2 rings (SSSR count). The number of nitrogens with zero attached hydrogens (tertiary/aromatic N) is 1. The number of carbonyl (C=O) groups is 2. The van der Waals surface area contributed by atoms with Crippen LogP contribution in [0.4, 0.5) is 10.1 Å². The SMILES string of the molecule is CC(OC(=O)c1cccnc1)C(=O)Nc1ccc(F)cc1. The second-order valence-corrected chi connectivity index (χ2v) is 4.29. The Morgan fingerprint density at radius 1 is 1.24 bits per heavy atom. The fraction of sp³-hybridized carbons (Fsp3) is 0.133. The molecular weight excluding hydrogens is 275 g/mol. The highest BCUT2D eigenvalue weighted by atomic mass is 19.1. The van der Waals surface area contributed by atoms with E-state index in [9.17, 15) is 14.0 Å². The molecule has 0 aliphatic heterocycles. The quantitative estimate of drug-likeness (QED) is 0.877. The number of benzene rings is 1. The summed E-state index contributed by atoms with van der Waals surface area (Å²) in [7, 11) is 0. The molecule has 1 aromatic heterocycles. The van der Waals surface area contributed by atoms with Gasteiger partial charge in [0.15, 0.2) is 6.10 Å². The Kier molecular flexibility index (Phi) is 4.61. The van der Waals surface area contributed by atoms with Crippen LogP contribution >= 0.6 is 0 Å². The lowest BCUT2D eigenvalue weighted by Crippen LogP contribution is -2.30. The molecular formula is C15H13FN2O3. The number of aromatic nitrogens is 1. The zero-order valence-electron chi connectivity index (χ0n) is 11.2. The molecule has 0 saturated carbocycles. The molecule has 0 bridgehead atoms. The van der Waals surface area contributed by atoms with Crippen LogP contribution in [0.5, 0.6) is 0 Å². The molecule has 1 unspecified atom stereocenters. The number of anilines is 1. The first-order valence-electron chi connectivity index (χ1n) is 6.23. The average molecular weight is 288 g/mol. The second kappa shape index (κ2) is 6.60. The Morgan fingerprint density at radius 2 is 1.95 bits per heavy atom. The Balaban J connectivity index is 1.93. The number of ether oxygens (including phenoxy) is 1. The van der Waals surface area contributed by atoms with E-state index in [1.165, 1.54) is 43.6 Å². The molecule has 1 aromatic carbocycles. The summed E-state index contributed by atoms with van der Waals surface area (Å²) in [5.74, 6) is -1.53. The summed E-state index contributed by atoms with van der Waals surface area (Å²) in [5.41, 5.74) is 0.685. The zero-order valence-corrected chi connectivity index (χ0v) is 11.2. The minimum atomic E-state index is -0.984. The van der Waals surface area contributed by atoms with Crippen molar-refractivity contribution in [3.05, 3.63) is 60.2 Å². The van der Waals surface area contributed by atoms with E-state index in [0.717, 1.165) is 0 Å². The van der Waals surface area contributed by atoms with Crippen LogP contribution in [-0.4, -0.2) is 23.0 Å². The summed E-state index contributed by atoms with van der Waals surface area (Å²) in [4.78, 5) is 27.4. The van der Waals surface area contributed by atoms with Gasteiger partial charge in [-0.25, -0.2) is 9.18 Å². The molecule has 0 radical (unpaired) electrons. The molecule has 1 heterocycles. The number of carbonyl (C=O) groups excluding carboxylic acids is 2. The third-order valence-electron chi connectivity index (χ3n) is 2.66. The van der Waals surface area contributed by atoms with Crippen LogP contribution in [0.1, 0.15) is 17.3 Å². The first kappa shape index (κ1) is 14.6. The van der Waals surface area contributed by atoms with Crippen molar-refractivity contribution in [2.24, 2.45) is 0 Å². The zero-order chi connectivity index (χ0) is 15.2. The first-order valence-corrected chi connectivity index (χ1v) is 6.23. The second-order valence-electron chi connectivity index (χ2n) is 4.29. The minimum Gasteiger partial charge on any atom is -0.449 e. The van der Waals surface area contributed by atoms with Crippen molar-refractivity contribution in [2.45, 2.75) is 13.0 Å². The summed E-state index contributed by atoms with van der Waals surface area (Å²) < 4.78 is 17.8. The maximum absolute atomic E-state index is 12.8. The molecule has 0 aliphatic rings. The number of hydrogen-bond acceptors (Lipinski definition) is 4. The van der Waals surface area contributed by atoms with Crippen LogP contribution in [0.3, 0.4) is 0 Å². The van der Waals surface area contributed by atoms with Gasteiger partial charge in [-0.15, -0.1) is 0 Å². The fourth-order valence-corrected chi connectivity index (χ4v) is 1.54. The normalized spacial score (nSPS) is 11.5. The van der Waals surface area contributed by atoms with Crippen molar-refractivity contribution in [3.63, 3.8) is 0 Å². The van der Waals surface area contributed by atoms with Gasteiger partial charge in [0, 0.05) is 18.1 Å². The van der Waals surface area contributed by atoms with E-state index in [0.29, 0.717) is 5.69 Å². The van der Waals surface area contributed by atoms with Crippen LogP contribution in [-0.2, 0) is 9.53 Å². The maximum atomic E-state index is 12.8. The van der Waals surface area contributed by atoms with Gasteiger partial charge in [-0.2, -0.15) is 0 Å². The molecule has 108 valence electrons. The van der Waals surface area contributed by atoms with Gasteiger partial charge >= 0.3 is 5.97 Å². The van der Waals surface area contributed by atoms with Crippen LogP contribution in [0.2, 0.25) is 0 Å². The average Bonchev–Trinajstić information content (AvgIpc) is 2.50. The third-order valence-corrected chi connectivity index (χ3v) is 2.66. The topological polar surface area (TPSA) is 68.3 Å². The summed E-state index contributed by atoms with van der Waals surface area (Å²) in [5, 5.41) is 2.53. The van der Waals surface area contributed by atoms with Crippen molar-refractivity contribution in [1.82, 2.24) is 4.98 Å². The Bertz CT molecular complexity index is 629. The van der Waals surface area contributed by atoms with Crippen LogP contribution in [0, 0.1) is 5.82 Å². The molecule has 21 heavy (non-hydrogen) atoms. The number of esters is 1. The van der Waals surface area contributed by atoms with Gasteiger partial charge in [-0.05, 0) is 43.3 Å². The molecule has 6 heteroatoms. The summed E-state index contributed by atoms with van der Waals surface area (Å²) in [6.45, 7) is 1.45. The van der Waals surface area contributed by atoms with Gasteiger partial charge in [0.1, 0.15) is 5.82 Å². The molecule has 1 amide bonds. The summed E-state index contributed by atoms with van der Waals surface area (Å²) in [6.07, 6.45) is 1.90. The van der Waals surface area contributed by atoms with E-state index in [2.05, 4.69) is 10.3 Å². The molecule has 0 saturated heterocycles. The third kappa shape index (κ3) is 4.10. The molecule has 5 nitrogen and oxygen atoms in total. The highest BCUT2D eigenvalue weighted by Crippen LogP contribution is 2.10. The summed E-state index contributed by atoms with van der Waals surface area (Å²) in [6, 6.07) is 8.43. The van der Waals surface area contributed by atoms with Gasteiger partial charge in [0.05, 0.1) is 5.56 Å². The lowest BCUT2D eigenvalue weighted by Gasteiger charge is -2.13. The van der Waals surface area contributed by atoms with E-state index >= 15 is 0 Å². The minimum absolute atomic E-state index is 0.263. The first-order chi connectivity index (χ1) is 10.1. The van der Waals surface area contributed by atoms with Gasteiger partial charge in [0.2, 0.25) is 0 Å². The van der Waals surface area contributed by atoms with Gasteiger partial charge in [-0.3, -0.25) is 9.78 Å². The van der Waals surface area contributed by atoms with E-state index in [1.807, 2.05) is 0 Å². The molecule has 1 N–H and O–H groups in total. The van der Waals surface area contributed by atoms with Crippen molar-refractivity contribution >= 4 is 17.6 Å². The highest BCUT2D eigenvalue weighted by Gasteiger charge is 2.19.